The van der Waals surface area contributed by atoms with Crippen LogP contribution in [0.5, 0.6) is 11.6 Å². The number of hydrogen-bond donors (Lipinski definition) is 1. The van der Waals surface area contributed by atoms with E-state index in [1.807, 2.05) is 48.7 Å². The van der Waals surface area contributed by atoms with E-state index >= 15 is 0 Å². The maximum absolute atomic E-state index is 13.3. The third kappa shape index (κ3) is 4.41. The molecule has 0 spiro atoms. The number of aryl methyl sites for hydroxylation is 1. The number of rotatable bonds is 7. The van der Waals surface area contributed by atoms with E-state index in [1.54, 1.807) is 25.4 Å². The summed E-state index contributed by atoms with van der Waals surface area (Å²) in [6.07, 6.45) is 3.16. The molecule has 1 N–H and O–H groups in total. The molecule has 1 amide bonds. The second-order valence-electron chi connectivity index (χ2n) is 7.63. The van der Waals surface area contributed by atoms with Crippen LogP contribution >= 0.6 is 0 Å². The summed E-state index contributed by atoms with van der Waals surface area (Å²) in [7, 11) is 3.07. The zero-order valence-corrected chi connectivity index (χ0v) is 18.9. The second kappa shape index (κ2) is 9.12. The smallest absolute Gasteiger partial charge is 0.296 e. The molecule has 1 aromatic carbocycles. The van der Waals surface area contributed by atoms with Crippen LogP contribution in [0.15, 0.2) is 54.9 Å². The lowest BCUT2D eigenvalue weighted by molar-refractivity contribution is -0.112. The average molecular weight is 444 g/mol. The fourth-order valence-corrected chi connectivity index (χ4v) is 3.77. The molecule has 0 aliphatic heterocycles. The molecule has 0 aliphatic rings. The molecule has 4 aromatic rings. The van der Waals surface area contributed by atoms with E-state index < -0.39 is 11.7 Å². The van der Waals surface area contributed by atoms with E-state index in [-0.39, 0.29) is 0 Å². The Kier molecular flexibility index (Phi) is 6.08. The van der Waals surface area contributed by atoms with Crippen molar-refractivity contribution in [3.63, 3.8) is 0 Å². The maximum Gasteiger partial charge on any atom is 0.296 e. The topological polar surface area (TPSA) is 95.3 Å². The molecule has 8 nitrogen and oxygen atoms in total. The van der Waals surface area contributed by atoms with Crippen molar-refractivity contribution in [1.29, 1.82) is 0 Å². The third-order valence-electron chi connectivity index (χ3n) is 5.47. The van der Waals surface area contributed by atoms with Gasteiger partial charge in [0, 0.05) is 34.5 Å². The number of benzene rings is 1. The van der Waals surface area contributed by atoms with Gasteiger partial charge in [-0.05, 0) is 44.2 Å². The van der Waals surface area contributed by atoms with Crippen molar-refractivity contribution >= 4 is 28.3 Å². The Bertz CT molecular complexity index is 1340. The standard InChI is InChI=1S/C25H24N4O4/c1-15-5-8-21-20(11-15)23(16(2)29(21)14-18-6-7-19(32-3)13-27-18)24(30)25(31)28-17-9-10-26-22(12-17)33-4/h5-13H,14H2,1-4H3,(H,26,28,31). The average Bonchev–Trinajstić information content (AvgIpc) is 3.09. The van der Waals surface area contributed by atoms with Gasteiger partial charge in [0.25, 0.3) is 11.7 Å². The number of fused-ring (bicyclic) bond motifs is 1. The maximum atomic E-state index is 13.3. The molecule has 0 saturated heterocycles. The minimum absolute atomic E-state index is 0.343. The summed E-state index contributed by atoms with van der Waals surface area (Å²) in [5.74, 6) is -0.325. The normalized spacial score (nSPS) is 10.8. The van der Waals surface area contributed by atoms with Gasteiger partial charge in [0.05, 0.1) is 38.2 Å². The predicted molar refractivity (Wildman–Crippen MR) is 125 cm³/mol. The number of carbonyl (C=O) groups is 2. The Morgan fingerprint density at radius 2 is 1.82 bits per heavy atom. The van der Waals surface area contributed by atoms with Crippen LogP contribution in [0.3, 0.4) is 0 Å². The molecule has 3 aromatic heterocycles. The summed E-state index contributed by atoms with van der Waals surface area (Å²) in [5, 5.41) is 3.38. The molecule has 0 aliphatic carbocycles. The largest absolute Gasteiger partial charge is 0.495 e. The van der Waals surface area contributed by atoms with Crippen LogP contribution in [0, 0.1) is 13.8 Å². The first-order valence-electron chi connectivity index (χ1n) is 10.4. The van der Waals surface area contributed by atoms with Crippen LogP contribution in [0.1, 0.15) is 27.3 Å². The number of carbonyl (C=O) groups excluding carboxylic acids is 2. The monoisotopic (exact) mass is 444 g/mol. The Balaban J connectivity index is 1.71. The Morgan fingerprint density at radius 1 is 1.00 bits per heavy atom. The highest BCUT2D eigenvalue weighted by atomic mass is 16.5. The van der Waals surface area contributed by atoms with Gasteiger partial charge in [-0.1, -0.05) is 11.6 Å². The minimum Gasteiger partial charge on any atom is -0.495 e. The highest BCUT2D eigenvalue weighted by molar-refractivity contribution is 6.48. The number of amides is 1. The summed E-state index contributed by atoms with van der Waals surface area (Å²) in [4.78, 5) is 34.6. The molecule has 0 atom stereocenters. The highest BCUT2D eigenvalue weighted by Crippen LogP contribution is 2.29. The van der Waals surface area contributed by atoms with E-state index in [9.17, 15) is 9.59 Å². The zero-order valence-electron chi connectivity index (χ0n) is 18.9. The van der Waals surface area contributed by atoms with Crippen LogP contribution in [-0.4, -0.2) is 40.4 Å². The number of hydrogen-bond acceptors (Lipinski definition) is 6. The van der Waals surface area contributed by atoms with Crippen molar-refractivity contribution in [3.05, 3.63) is 77.4 Å². The van der Waals surface area contributed by atoms with Gasteiger partial charge in [-0.25, -0.2) is 4.98 Å². The van der Waals surface area contributed by atoms with E-state index in [0.717, 1.165) is 22.2 Å². The first-order chi connectivity index (χ1) is 15.9. The van der Waals surface area contributed by atoms with Crippen molar-refractivity contribution in [1.82, 2.24) is 14.5 Å². The summed E-state index contributed by atoms with van der Waals surface area (Å²) >= 11 is 0. The molecule has 33 heavy (non-hydrogen) atoms. The first-order valence-corrected chi connectivity index (χ1v) is 10.4. The molecule has 168 valence electrons. The molecule has 0 radical (unpaired) electrons. The fourth-order valence-electron chi connectivity index (χ4n) is 3.77. The number of ether oxygens (including phenoxy) is 2. The van der Waals surface area contributed by atoms with Crippen LogP contribution in [0.2, 0.25) is 0 Å². The van der Waals surface area contributed by atoms with Crippen LogP contribution in [0.25, 0.3) is 10.9 Å². The number of ketones is 1. The van der Waals surface area contributed by atoms with Gasteiger partial charge in [0.2, 0.25) is 5.88 Å². The molecule has 0 unspecified atom stereocenters. The van der Waals surface area contributed by atoms with Gasteiger partial charge in [-0.2, -0.15) is 0 Å². The Labute approximate surface area is 191 Å². The number of aromatic nitrogens is 3. The molecule has 4 rings (SSSR count). The van der Waals surface area contributed by atoms with Gasteiger partial charge in [0.1, 0.15) is 5.75 Å². The van der Waals surface area contributed by atoms with E-state index in [4.69, 9.17) is 9.47 Å². The summed E-state index contributed by atoms with van der Waals surface area (Å²) in [5.41, 5.74) is 4.17. The van der Waals surface area contributed by atoms with Crippen molar-refractivity contribution < 1.29 is 19.1 Å². The second-order valence-corrected chi connectivity index (χ2v) is 7.63. The first kappa shape index (κ1) is 22.0. The molecule has 3 heterocycles. The van der Waals surface area contributed by atoms with E-state index in [0.29, 0.717) is 35.1 Å². The zero-order chi connectivity index (χ0) is 23.5. The molecule has 0 bridgehead atoms. The Morgan fingerprint density at radius 3 is 2.52 bits per heavy atom. The van der Waals surface area contributed by atoms with Gasteiger partial charge < -0.3 is 19.4 Å². The summed E-state index contributed by atoms with van der Waals surface area (Å²) in [6, 6.07) is 12.8. The van der Waals surface area contributed by atoms with Gasteiger partial charge >= 0.3 is 0 Å². The lowest BCUT2D eigenvalue weighted by Crippen LogP contribution is -2.23. The van der Waals surface area contributed by atoms with Crippen molar-refractivity contribution in [2.45, 2.75) is 20.4 Å². The highest BCUT2D eigenvalue weighted by Gasteiger charge is 2.25. The number of Topliss-reactive ketones (excluding diaryl/α,β-unsaturated/α-hetero) is 1. The fraction of sp³-hybridized carbons (Fsp3) is 0.200. The predicted octanol–water partition coefficient (Wildman–Crippen LogP) is 3.94. The van der Waals surface area contributed by atoms with Gasteiger partial charge in [-0.3, -0.25) is 14.6 Å². The lowest BCUT2D eigenvalue weighted by Gasteiger charge is -2.09. The molecule has 0 saturated carbocycles. The van der Waals surface area contributed by atoms with Gasteiger partial charge in [-0.15, -0.1) is 0 Å². The van der Waals surface area contributed by atoms with Gasteiger partial charge in [0.15, 0.2) is 0 Å². The molecular weight excluding hydrogens is 420 g/mol. The van der Waals surface area contributed by atoms with E-state index in [1.165, 1.54) is 13.3 Å². The van der Waals surface area contributed by atoms with Crippen molar-refractivity contribution in [3.8, 4) is 11.6 Å². The number of nitrogens with one attached hydrogen (secondary N) is 1. The SMILES string of the molecule is COc1ccc(Cn2c(C)c(C(=O)C(=O)Nc3ccnc(OC)c3)c3cc(C)ccc32)nc1. The van der Waals surface area contributed by atoms with Crippen LogP contribution in [-0.2, 0) is 11.3 Å². The number of anilines is 1. The molecule has 0 fully saturated rings. The summed E-state index contributed by atoms with van der Waals surface area (Å²) < 4.78 is 12.3. The van der Waals surface area contributed by atoms with Crippen molar-refractivity contribution in [2.75, 3.05) is 19.5 Å². The van der Waals surface area contributed by atoms with E-state index in [2.05, 4.69) is 15.3 Å². The minimum atomic E-state index is -0.727. The molecule has 8 heteroatoms. The number of methoxy groups -OCH3 is 2. The van der Waals surface area contributed by atoms with Crippen LogP contribution in [0.4, 0.5) is 5.69 Å². The number of pyridine rings is 2. The Hall–Kier alpha value is -4.20. The quantitative estimate of drug-likeness (QED) is 0.343. The summed E-state index contributed by atoms with van der Waals surface area (Å²) in [6.45, 7) is 4.25. The molecular formula is C25H24N4O4. The number of nitrogens with zero attached hydrogens (tertiary/aromatic N) is 3. The third-order valence-corrected chi connectivity index (χ3v) is 5.47. The van der Waals surface area contributed by atoms with Crippen LogP contribution < -0.4 is 14.8 Å². The lowest BCUT2D eigenvalue weighted by atomic mass is 10.0. The van der Waals surface area contributed by atoms with Crippen molar-refractivity contribution in [2.24, 2.45) is 0 Å².